The first-order chi connectivity index (χ1) is 26.3. The molecule has 1 aliphatic rings. The van der Waals surface area contributed by atoms with Gasteiger partial charge in [0, 0.05) is 25.8 Å². The molecule has 1 aliphatic heterocycles. The summed E-state index contributed by atoms with van der Waals surface area (Å²) in [6.45, 7) is 11.5. The number of esters is 1. The molecule has 3 amide bonds. The summed E-state index contributed by atoms with van der Waals surface area (Å²) in [6, 6.07) is 16.9. The molecule has 15 heteroatoms. The molecule has 0 unspecified atom stereocenters. The number of amides is 3. The predicted molar refractivity (Wildman–Crippen MR) is 215 cm³/mol. The van der Waals surface area contributed by atoms with E-state index in [0.29, 0.717) is 36.7 Å². The third-order valence-electron chi connectivity index (χ3n) is 8.16. The van der Waals surface area contributed by atoms with E-state index in [9.17, 15) is 24.0 Å². The van der Waals surface area contributed by atoms with Crippen LogP contribution in [-0.4, -0.2) is 79.7 Å². The molecule has 0 aliphatic carbocycles. The number of fused-ring (bicyclic) bond motifs is 1. The van der Waals surface area contributed by atoms with Crippen LogP contribution in [0.4, 0.5) is 15.3 Å². The van der Waals surface area contributed by atoms with Gasteiger partial charge in [-0.05, 0) is 88.9 Å². The zero-order valence-electron chi connectivity index (χ0n) is 32.6. The topological polar surface area (TPSA) is 162 Å². The summed E-state index contributed by atoms with van der Waals surface area (Å²) >= 11 is 13.0. The van der Waals surface area contributed by atoms with Crippen LogP contribution in [0.3, 0.4) is 0 Å². The van der Waals surface area contributed by atoms with Gasteiger partial charge in [-0.3, -0.25) is 14.9 Å². The Morgan fingerprint density at radius 3 is 2.16 bits per heavy atom. The Balaban J connectivity index is 1.41. The van der Waals surface area contributed by atoms with Crippen LogP contribution in [0.2, 0.25) is 10.0 Å². The van der Waals surface area contributed by atoms with Crippen molar-refractivity contribution in [3.63, 3.8) is 0 Å². The summed E-state index contributed by atoms with van der Waals surface area (Å²) in [4.78, 5) is 70.4. The van der Waals surface area contributed by atoms with Crippen LogP contribution in [0.15, 0.2) is 65.7 Å². The van der Waals surface area contributed by atoms with Crippen LogP contribution >= 0.6 is 23.2 Å². The highest BCUT2D eigenvalue weighted by Crippen LogP contribution is 2.34. The fraction of sp³-hybridized carbons (Fsp3) is 0.415. The van der Waals surface area contributed by atoms with Gasteiger partial charge in [-0.2, -0.15) is 4.99 Å². The van der Waals surface area contributed by atoms with Crippen molar-refractivity contribution in [1.82, 2.24) is 10.6 Å². The van der Waals surface area contributed by atoms with Crippen LogP contribution in [0.1, 0.15) is 76.7 Å². The molecule has 0 saturated carbocycles. The lowest BCUT2D eigenvalue weighted by Gasteiger charge is -2.31. The van der Waals surface area contributed by atoms with Crippen molar-refractivity contribution in [3.8, 4) is 16.9 Å². The van der Waals surface area contributed by atoms with E-state index in [1.807, 2.05) is 41.3 Å². The second-order valence-corrected chi connectivity index (χ2v) is 15.9. The molecule has 0 spiro atoms. The van der Waals surface area contributed by atoms with Crippen molar-refractivity contribution in [2.75, 3.05) is 31.7 Å². The maximum atomic E-state index is 13.3. The van der Waals surface area contributed by atoms with Gasteiger partial charge in [-0.15, -0.1) is 0 Å². The van der Waals surface area contributed by atoms with Crippen LogP contribution < -0.4 is 20.3 Å². The number of carbonyl (C=O) groups excluding carboxylic acids is 5. The number of rotatable bonds is 12. The van der Waals surface area contributed by atoms with Crippen LogP contribution in [0, 0.1) is 0 Å². The SMILES string of the molecule is COC(=O)[C@H](CCC(=O)CCN1CCOc2ccc(CC(=NC(=O)OC(C)(C)C)NC(=O)OC(C)(C)C)cc21)NC(=O)c1c(Cl)cc(-c2ccccc2)cc1Cl. The summed E-state index contributed by atoms with van der Waals surface area (Å²) in [5.74, 6) is -0.920. The Hall–Kier alpha value is -5.14. The molecule has 56 heavy (non-hydrogen) atoms. The molecule has 3 aromatic carbocycles. The van der Waals surface area contributed by atoms with Gasteiger partial charge in [-0.1, -0.05) is 59.6 Å². The molecular formula is C41H48Cl2N4O9. The lowest BCUT2D eigenvalue weighted by molar-refractivity contribution is -0.143. The normalized spacial score (nSPS) is 13.4. The van der Waals surface area contributed by atoms with Crippen molar-refractivity contribution in [3.05, 3.63) is 81.8 Å². The molecule has 0 fully saturated rings. The zero-order valence-corrected chi connectivity index (χ0v) is 34.1. The Morgan fingerprint density at radius 1 is 0.875 bits per heavy atom. The summed E-state index contributed by atoms with van der Waals surface area (Å²) in [6.07, 6.45) is -1.50. The van der Waals surface area contributed by atoms with Gasteiger partial charge in [0.25, 0.3) is 5.91 Å². The number of ether oxygens (including phenoxy) is 4. The van der Waals surface area contributed by atoms with Crippen LogP contribution in [0.5, 0.6) is 5.75 Å². The first-order valence-electron chi connectivity index (χ1n) is 18.1. The van der Waals surface area contributed by atoms with Gasteiger partial charge in [0.1, 0.15) is 41.2 Å². The van der Waals surface area contributed by atoms with Crippen molar-refractivity contribution < 1.29 is 42.9 Å². The predicted octanol–water partition coefficient (Wildman–Crippen LogP) is 7.97. The van der Waals surface area contributed by atoms with Gasteiger partial charge in [0.05, 0.1) is 35.0 Å². The number of anilines is 1. The average molecular weight is 812 g/mol. The minimum atomic E-state index is -1.13. The molecule has 2 N–H and O–H groups in total. The van der Waals surface area contributed by atoms with E-state index in [4.69, 9.17) is 42.1 Å². The van der Waals surface area contributed by atoms with Gasteiger partial charge in [0.15, 0.2) is 0 Å². The second-order valence-electron chi connectivity index (χ2n) is 15.0. The number of aliphatic imine (C=N–C) groups is 1. The van der Waals surface area contributed by atoms with E-state index in [1.54, 1.807) is 65.8 Å². The molecule has 300 valence electrons. The smallest absolute Gasteiger partial charge is 0.435 e. The quantitative estimate of drug-likeness (QED) is 0.0794. The molecule has 0 bridgehead atoms. The number of Topliss-reactive ketones (excluding diaryl/α,β-unsaturated/α-hetero) is 1. The van der Waals surface area contributed by atoms with Gasteiger partial charge < -0.3 is 29.2 Å². The minimum absolute atomic E-state index is 0.00227. The van der Waals surface area contributed by atoms with Gasteiger partial charge >= 0.3 is 18.2 Å². The lowest BCUT2D eigenvalue weighted by Crippen LogP contribution is -2.42. The van der Waals surface area contributed by atoms with Crippen LogP contribution in [0.25, 0.3) is 11.1 Å². The number of amidine groups is 1. The lowest BCUT2D eigenvalue weighted by atomic mass is 10.0. The number of benzene rings is 3. The molecule has 0 aromatic heterocycles. The number of carbonyl (C=O) groups is 5. The first-order valence-corrected chi connectivity index (χ1v) is 18.8. The van der Waals surface area contributed by atoms with Crippen molar-refractivity contribution >= 4 is 64.6 Å². The molecular weight excluding hydrogens is 763 g/mol. The molecule has 0 radical (unpaired) electrons. The maximum absolute atomic E-state index is 13.3. The number of halogens is 2. The van der Waals surface area contributed by atoms with E-state index < -0.39 is 41.3 Å². The summed E-state index contributed by atoms with van der Waals surface area (Å²) in [7, 11) is 1.20. The number of nitrogens with one attached hydrogen (secondary N) is 2. The van der Waals surface area contributed by atoms with Crippen LogP contribution in [-0.2, 0) is 30.2 Å². The van der Waals surface area contributed by atoms with E-state index in [0.717, 1.165) is 11.1 Å². The third kappa shape index (κ3) is 13.3. The van der Waals surface area contributed by atoms with Crippen molar-refractivity contribution in [2.24, 2.45) is 4.99 Å². The van der Waals surface area contributed by atoms with E-state index in [-0.39, 0.29) is 52.9 Å². The number of ketones is 1. The average Bonchev–Trinajstić information content (AvgIpc) is 3.10. The summed E-state index contributed by atoms with van der Waals surface area (Å²) in [5, 5.41) is 5.41. The van der Waals surface area contributed by atoms with E-state index in [2.05, 4.69) is 15.6 Å². The number of methoxy groups -OCH3 is 1. The Labute approximate surface area is 337 Å². The Kier molecular flexibility index (Phi) is 14.9. The highest BCUT2D eigenvalue weighted by Gasteiger charge is 2.27. The fourth-order valence-electron chi connectivity index (χ4n) is 5.68. The number of nitrogens with zero attached hydrogens (tertiary/aromatic N) is 2. The maximum Gasteiger partial charge on any atom is 0.435 e. The second kappa shape index (κ2) is 19.1. The summed E-state index contributed by atoms with van der Waals surface area (Å²) < 4.78 is 21.5. The van der Waals surface area contributed by atoms with Gasteiger partial charge in [-0.25, -0.2) is 14.4 Å². The molecule has 0 saturated heterocycles. The number of alkyl carbamates (subject to hydrolysis) is 1. The summed E-state index contributed by atoms with van der Waals surface area (Å²) in [5.41, 5.74) is 1.40. The number of hydrogen-bond donors (Lipinski definition) is 2. The highest BCUT2D eigenvalue weighted by atomic mass is 35.5. The molecule has 1 heterocycles. The van der Waals surface area contributed by atoms with Gasteiger partial charge in [0.2, 0.25) is 0 Å². The zero-order chi connectivity index (χ0) is 41.2. The van der Waals surface area contributed by atoms with Crippen molar-refractivity contribution in [1.29, 1.82) is 0 Å². The fourth-order valence-corrected chi connectivity index (χ4v) is 6.34. The standard InChI is InChI=1S/C41H48Cl2N4O9/c1-40(2,3)55-38(51)45-34(46-39(52)56-41(4,5)6)22-25-13-16-33-32(21-25)47(19-20-54-33)18-17-28(48)14-15-31(37(50)53-7)44-36(49)35-29(42)23-27(24-30(35)43)26-11-9-8-10-12-26/h8-13,16,21,23-24,31H,14-15,17-20,22H2,1-7H3,(H,44,49)(H,45,46,51,52)/t31-/m0/s1. The highest BCUT2D eigenvalue weighted by molar-refractivity contribution is 6.40. The largest absolute Gasteiger partial charge is 0.490 e. The minimum Gasteiger partial charge on any atom is -0.490 e. The third-order valence-corrected chi connectivity index (χ3v) is 8.76. The van der Waals surface area contributed by atoms with E-state index >= 15 is 0 Å². The van der Waals surface area contributed by atoms with Crippen molar-refractivity contribution in [2.45, 2.75) is 84.5 Å². The monoisotopic (exact) mass is 810 g/mol. The Morgan fingerprint density at radius 2 is 1.54 bits per heavy atom. The Bertz CT molecular complexity index is 1930. The van der Waals surface area contributed by atoms with E-state index in [1.165, 1.54) is 7.11 Å². The molecule has 3 aromatic rings. The first kappa shape index (κ1) is 43.6. The molecule has 4 rings (SSSR count). The molecule has 13 nitrogen and oxygen atoms in total. The molecule has 1 atom stereocenters. The number of hydrogen-bond acceptors (Lipinski definition) is 10.